The summed E-state index contributed by atoms with van der Waals surface area (Å²) < 4.78 is 39.6. The minimum absolute atomic E-state index is 0.0806. The monoisotopic (exact) mass is 429 g/mol. The zero-order valence-electron chi connectivity index (χ0n) is 17.2. The van der Waals surface area contributed by atoms with Crippen LogP contribution in [0, 0.1) is 13.8 Å². The molecule has 0 unspecified atom stereocenters. The molecule has 0 spiro atoms. The van der Waals surface area contributed by atoms with Gasteiger partial charge >= 0.3 is 12.2 Å². The summed E-state index contributed by atoms with van der Waals surface area (Å²) in [7, 11) is 0. The fourth-order valence-electron chi connectivity index (χ4n) is 3.69. The number of nitrogens with zero attached hydrogens (tertiary/aromatic N) is 3. The quantitative estimate of drug-likeness (QED) is 0.703. The first-order valence-electron chi connectivity index (χ1n) is 9.93. The number of nitrogens with one attached hydrogen (secondary N) is 2. The minimum atomic E-state index is -4.39. The van der Waals surface area contributed by atoms with E-state index in [0.717, 1.165) is 28.6 Å². The number of amidine groups is 1. The second-order valence-corrected chi connectivity index (χ2v) is 7.56. The van der Waals surface area contributed by atoms with Crippen molar-refractivity contribution in [1.29, 1.82) is 0 Å². The lowest BCUT2D eigenvalue weighted by Gasteiger charge is -2.33. The maximum absolute atomic E-state index is 13.2. The molecule has 0 bridgehead atoms. The largest absolute Gasteiger partial charge is 0.416 e. The highest BCUT2D eigenvalue weighted by molar-refractivity contribution is 6.51. The van der Waals surface area contributed by atoms with Gasteiger partial charge in [-0.05, 0) is 48.7 Å². The van der Waals surface area contributed by atoms with Gasteiger partial charge in [0.25, 0.3) is 0 Å². The van der Waals surface area contributed by atoms with Crippen molar-refractivity contribution in [3.8, 4) is 0 Å². The number of aliphatic imine (C=N–C) groups is 2. The maximum atomic E-state index is 13.2. The van der Waals surface area contributed by atoms with Crippen LogP contribution in [-0.2, 0) is 12.7 Å². The van der Waals surface area contributed by atoms with Crippen LogP contribution in [-0.4, -0.2) is 37.2 Å². The van der Waals surface area contributed by atoms with Gasteiger partial charge in [-0.1, -0.05) is 18.2 Å². The number of aryl methyl sites for hydroxylation is 2. The van der Waals surface area contributed by atoms with Crippen molar-refractivity contribution >= 4 is 29.0 Å². The number of benzene rings is 2. The Balaban J connectivity index is 1.53. The first-order valence-corrected chi connectivity index (χ1v) is 9.93. The van der Waals surface area contributed by atoms with Gasteiger partial charge in [0.2, 0.25) is 0 Å². The summed E-state index contributed by atoms with van der Waals surface area (Å²) >= 11 is 0. The number of alkyl halides is 3. The normalized spacial score (nSPS) is 15.6. The Hall–Kier alpha value is -3.20. The molecule has 2 aromatic rings. The summed E-state index contributed by atoms with van der Waals surface area (Å²) in [5, 5.41) is 5.75. The number of rotatable bonds is 5. The Morgan fingerprint density at radius 3 is 2.65 bits per heavy atom. The van der Waals surface area contributed by atoms with Crippen LogP contribution in [0.3, 0.4) is 0 Å². The molecule has 0 radical (unpaired) electrons. The Morgan fingerprint density at radius 1 is 1.13 bits per heavy atom. The fourth-order valence-corrected chi connectivity index (χ4v) is 3.69. The van der Waals surface area contributed by atoms with Crippen LogP contribution in [0.5, 0.6) is 0 Å². The molecule has 2 heterocycles. The lowest BCUT2D eigenvalue weighted by atomic mass is 10.0. The molecule has 9 heteroatoms. The molecule has 31 heavy (non-hydrogen) atoms. The second kappa shape index (κ2) is 8.14. The number of amides is 2. The highest BCUT2D eigenvalue weighted by atomic mass is 19.4. The molecule has 2 aliphatic rings. The van der Waals surface area contributed by atoms with E-state index in [1.54, 1.807) is 6.07 Å². The van der Waals surface area contributed by atoms with Crippen LogP contribution in [0.25, 0.3) is 0 Å². The molecule has 162 valence electrons. The lowest BCUT2D eigenvalue weighted by molar-refractivity contribution is -0.138. The molecule has 0 saturated carbocycles. The van der Waals surface area contributed by atoms with Crippen LogP contribution < -0.4 is 15.5 Å². The molecular formula is C22H22F3N5O. The van der Waals surface area contributed by atoms with E-state index in [2.05, 4.69) is 20.6 Å². The van der Waals surface area contributed by atoms with Crippen LogP contribution >= 0.6 is 0 Å². The summed E-state index contributed by atoms with van der Waals surface area (Å²) in [6, 6.07) is 9.09. The van der Waals surface area contributed by atoms with Gasteiger partial charge < -0.3 is 15.5 Å². The van der Waals surface area contributed by atoms with Gasteiger partial charge in [-0.15, -0.1) is 0 Å². The van der Waals surface area contributed by atoms with Gasteiger partial charge in [-0.2, -0.15) is 18.2 Å². The molecule has 0 atom stereocenters. The average Bonchev–Trinajstić information content (AvgIpc) is 2.71. The molecule has 0 fully saturated rings. The molecule has 0 aliphatic carbocycles. The van der Waals surface area contributed by atoms with Crippen LogP contribution in [0.1, 0.15) is 22.3 Å². The number of carbonyl (C=O) groups is 1. The van der Waals surface area contributed by atoms with Crippen molar-refractivity contribution in [2.24, 2.45) is 9.98 Å². The van der Waals surface area contributed by atoms with Crippen molar-refractivity contribution in [2.45, 2.75) is 26.6 Å². The molecule has 2 aromatic carbocycles. The van der Waals surface area contributed by atoms with Gasteiger partial charge in [-0.25, -0.2) is 9.79 Å². The van der Waals surface area contributed by atoms with Gasteiger partial charge in [-0.3, -0.25) is 0 Å². The topological polar surface area (TPSA) is 69.1 Å². The highest BCUT2D eigenvalue weighted by Gasteiger charge is 2.33. The summed E-state index contributed by atoms with van der Waals surface area (Å²) in [6.07, 6.45) is -4.39. The summed E-state index contributed by atoms with van der Waals surface area (Å²) in [4.78, 5) is 22.5. The number of hydrogen-bond donors (Lipinski definition) is 2. The Bertz CT molecular complexity index is 1090. The third kappa shape index (κ3) is 4.32. The van der Waals surface area contributed by atoms with E-state index in [9.17, 15) is 18.0 Å². The number of halogens is 3. The number of urea groups is 1. The highest BCUT2D eigenvalue weighted by Crippen LogP contribution is 2.36. The zero-order chi connectivity index (χ0) is 22.2. The molecular weight excluding hydrogens is 407 g/mol. The Labute approximate surface area is 177 Å². The second-order valence-electron chi connectivity index (χ2n) is 7.56. The van der Waals surface area contributed by atoms with E-state index in [-0.39, 0.29) is 18.7 Å². The Kier molecular flexibility index (Phi) is 5.53. The SMILES string of the molecule is Cc1cc2c(cc1C)N(CCNCc1ccccc1C(F)(F)F)C1=NC(=O)NCC1=N2. The van der Waals surface area contributed by atoms with Gasteiger partial charge in [0.15, 0.2) is 5.84 Å². The summed E-state index contributed by atoms with van der Waals surface area (Å²) in [5.41, 5.74) is 4.02. The number of fused-ring (bicyclic) bond motifs is 2. The molecule has 2 N–H and O–H groups in total. The van der Waals surface area contributed by atoms with Crippen molar-refractivity contribution in [3.05, 3.63) is 58.7 Å². The van der Waals surface area contributed by atoms with Gasteiger partial charge in [0, 0.05) is 19.6 Å². The average molecular weight is 429 g/mol. The van der Waals surface area contributed by atoms with E-state index in [1.807, 2.05) is 30.9 Å². The smallest absolute Gasteiger partial charge is 0.330 e. The number of hydrogen-bond acceptors (Lipinski definition) is 4. The molecule has 2 amide bonds. The van der Waals surface area contributed by atoms with Gasteiger partial charge in [0.05, 0.1) is 23.5 Å². The molecule has 4 rings (SSSR count). The zero-order valence-corrected chi connectivity index (χ0v) is 17.2. The standard InChI is InChI=1S/C22H22F3N5O/c1-13-9-17-19(10-14(13)2)30(20-18(28-17)12-27-21(31)29-20)8-7-26-11-15-5-3-4-6-16(15)22(23,24)25/h3-6,9-10,26H,7-8,11-12H2,1-2H3,(H,27,31). The van der Waals surface area contributed by atoms with E-state index in [4.69, 9.17) is 0 Å². The van der Waals surface area contributed by atoms with E-state index in [0.29, 0.717) is 24.6 Å². The van der Waals surface area contributed by atoms with Gasteiger partial charge in [0.1, 0.15) is 5.71 Å². The predicted molar refractivity (Wildman–Crippen MR) is 114 cm³/mol. The van der Waals surface area contributed by atoms with Crippen molar-refractivity contribution in [1.82, 2.24) is 10.6 Å². The molecule has 0 saturated heterocycles. The molecule has 0 aromatic heterocycles. The first kappa shape index (κ1) is 21.0. The van der Waals surface area contributed by atoms with Crippen molar-refractivity contribution in [3.63, 3.8) is 0 Å². The molecule has 2 aliphatic heterocycles. The third-order valence-electron chi connectivity index (χ3n) is 5.42. The Morgan fingerprint density at radius 2 is 1.87 bits per heavy atom. The summed E-state index contributed by atoms with van der Waals surface area (Å²) in [6.45, 7) is 5.19. The van der Waals surface area contributed by atoms with Crippen LogP contribution in [0.4, 0.5) is 29.3 Å². The van der Waals surface area contributed by atoms with E-state index in [1.165, 1.54) is 12.1 Å². The van der Waals surface area contributed by atoms with E-state index < -0.39 is 17.8 Å². The van der Waals surface area contributed by atoms with Crippen LogP contribution in [0.2, 0.25) is 0 Å². The van der Waals surface area contributed by atoms with Crippen molar-refractivity contribution in [2.75, 3.05) is 24.5 Å². The molecule has 6 nitrogen and oxygen atoms in total. The maximum Gasteiger partial charge on any atom is 0.416 e. The van der Waals surface area contributed by atoms with Crippen LogP contribution in [0.15, 0.2) is 46.4 Å². The predicted octanol–water partition coefficient (Wildman–Crippen LogP) is 4.13. The number of anilines is 1. The third-order valence-corrected chi connectivity index (χ3v) is 5.42. The minimum Gasteiger partial charge on any atom is -0.330 e. The lowest BCUT2D eigenvalue weighted by Crippen LogP contribution is -2.50. The number of carbonyl (C=O) groups excluding carboxylic acids is 1. The van der Waals surface area contributed by atoms with E-state index >= 15 is 0 Å². The first-order chi connectivity index (χ1) is 14.7. The summed E-state index contributed by atoms with van der Waals surface area (Å²) in [5.74, 6) is 0.483. The van der Waals surface area contributed by atoms with Crippen molar-refractivity contribution < 1.29 is 18.0 Å². The fraction of sp³-hybridized carbons (Fsp3) is 0.318.